The fraction of sp³-hybridized carbons (Fsp3) is 0.0476. The van der Waals surface area contributed by atoms with Gasteiger partial charge in [0.2, 0.25) is 6.61 Å². The highest BCUT2D eigenvalue weighted by atomic mass is 35.5. The van der Waals surface area contributed by atoms with E-state index in [4.69, 9.17) is 33.0 Å². The zero-order valence-corrected chi connectivity index (χ0v) is 16.4. The molecule has 0 atom stereocenters. The van der Waals surface area contributed by atoms with E-state index in [1.54, 1.807) is 24.3 Å². The van der Waals surface area contributed by atoms with Crippen molar-refractivity contribution in [3.63, 3.8) is 0 Å². The number of rotatable bonds is 7. The van der Waals surface area contributed by atoms with Gasteiger partial charge in [-0.25, -0.2) is 4.79 Å². The Morgan fingerprint density at radius 3 is 2.38 bits per heavy atom. The van der Waals surface area contributed by atoms with Crippen LogP contribution in [0.25, 0.3) is 11.1 Å². The molecule has 0 heterocycles. The molecular weight excluding hydrogens is 417 g/mol. The van der Waals surface area contributed by atoms with Gasteiger partial charge in [-0.1, -0.05) is 58.7 Å². The molecule has 0 amide bonds. The monoisotopic (exact) mass is 431 g/mol. The van der Waals surface area contributed by atoms with Gasteiger partial charge in [0.05, 0.1) is 16.3 Å². The first-order valence-electron chi connectivity index (χ1n) is 8.36. The fourth-order valence-corrected chi connectivity index (χ4v) is 3.07. The predicted octanol–water partition coefficient (Wildman–Crippen LogP) is 5.59. The molecule has 0 aliphatic heterocycles. The summed E-state index contributed by atoms with van der Waals surface area (Å²) in [5.74, 6) is -0.335. The molecule has 0 aliphatic carbocycles. The maximum atomic E-state index is 10.4. The van der Waals surface area contributed by atoms with E-state index in [1.807, 2.05) is 30.3 Å². The second kappa shape index (κ2) is 9.32. The van der Waals surface area contributed by atoms with Crippen LogP contribution in [0.2, 0.25) is 10.0 Å². The molecule has 6 nitrogen and oxygen atoms in total. The second-order valence-corrected chi connectivity index (χ2v) is 6.68. The molecular formula is C21H15Cl2NO5. The van der Waals surface area contributed by atoms with Crippen molar-refractivity contribution in [3.8, 4) is 28.4 Å². The first-order chi connectivity index (χ1) is 13.9. The number of phenolic OH excluding ortho intramolecular Hbond substituents is 1. The van der Waals surface area contributed by atoms with Crippen LogP contribution >= 0.6 is 23.2 Å². The highest BCUT2D eigenvalue weighted by molar-refractivity contribution is 6.37. The number of halogens is 2. The van der Waals surface area contributed by atoms with Crippen molar-refractivity contribution in [2.45, 2.75) is 0 Å². The molecule has 2 N–H and O–H groups in total. The number of carboxylic acid groups (broad SMARTS) is 1. The van der Waals surface area contributed by atoms with Crippen molar-refractivity contribution in [2.24, 2.45) is 5.16 Å². The number of carboxylic acids is 1. The average Bonchev–Trinajstić information content (AvgIpc) is 2.70. The summed E-state index contributed by atoms with van der Waals surface area (Å²) in [6.45, 7) is -0.552. The summed E-state index contributed by atoms with van der Waals surface area (Å²) >= 11 is 12.6. The van der Waals surface area contributed by atoms with Crippen LogP contribution in [0, 0.1) is 0 Å². The smallest absolute Gasteiger partial charge is 0.344 e. The number of nitrogens with zero attached hydrogens (tertiary/aromatic N) is 1. The largest absolute Gasteiger partial charge is 0.507 e. The number of phenols is 1. The highest BCUT2D eigenvalue weighted by Crippen LogP contribution is 2.39. The standard InChI is InChI=1S/C21H15Cl2NO5/c22-17-8-13(11-24-28-12-20(26)27)9-18(23)21(17)29-15-6-7-19(25)16(10-15)14-4-2-1-3-5-14/h1-11,25H,12H2,(H,26,27)/b24-11+. The Morgan fingerprint density at radius 2 is 1.72 bits per heavy atom. The summed E-state index contributed by atoms with van der Waals surface area (Å²) in [5, 5.41) is 22.7. The number of aliphatic carboxylic acids is 1. The molecule has 8 heteroatoms. The molecule has 0 radical (unpaired) electrons. The Hall–Kier alpha value is -3.22. The van der Waals surface area contributed by atoms with Crippen LogP contribution in [-0.4, -0.2) is 29.0 Å². The van der Waals surface area contributed by atoms with Crippen molar-refractivity contribution in [2.75, 3.05) is 6.61 Å². The van der Waals surface area contributed by atoms with E-state index in [2.05, 4.69) is 9.99 Å². The Morgan fingerprint density at radius 1 is 1.03 bits per heavy atom. The zero-order chi connectivity index (χ0) is 20.8. The van der Waals surface area contributed by atoms with E-state index in [9.17, 15) is 9.90 Å². The molecule has 0 saturated heterocycles. The summed E-state index contributed by atoms with van der Waals surface area (Å²) < 4.78 is 5.84. The Bertz CT molecular complexity index is 1030. The Balaban J connectivity index is 1.83. The molecule has 3 rings (SSSR count). The summed E-state index contributed by atoms with van der Waals surface area (Å²) in [5.41, 5.74) is 1.95. The van der Waals surface area contributed by atoms with Crippen LogP contribution < -0.4 is 4.74 Å². The number of hydrogen-bond donors (Lipinski definition) is 2. The summed E-state index contributed by atoms with van der Waals surface area (Å²) in [6.07, 6.45) is 1.29. The normalized spacial score (nSPS) is 10.8. The van der Waals surface area contributed by atoms with Crippen LogP contribution in [-0.2, 0) is 9.63 Å². The van der Waals surface area contributed by atoms with Gasteiger partial charge in [0.15, 0.2) is 5.75 Å². The van der Waals surface area contributed by atoms with Crippen LogP contribution in [0.3, 0.4) is 0 Å². The van der Waals surface area contributed by atoms with E-state index in [-0.39, 0.29) is 21.5 Å². The minimum atomic E-state index is -1.13. The van der Waals surface area contributed by atoms with E-state index in [1.165, 1.54) is 12.3 Å². The minimum absolute atomic E-state index is 0.119. The predicted molar refractivity (Wildman–Crippen MR) is 111 cm³/mol. The van der Waals surface area contributed by atoms with Crippen molar-refractivity contribution < 1.29 is 24.6 Å². The molecule has 0 fully saturated rings. The minimum Gasteiger partial charge on any atom is -0.507 e. The number of ether oxygens (including phenoxy) is 1. The number of carbonyl (C=O) groups is 1. The molecule has 0 spiro atoms. The lowest BCUT2D eigenvalue weighted by atomic mass is 10.0. The van der Waals surface area contributed by atoms with Crippen LogP contribution in [0.4, 0.5) is 0 Å². The maximum absolute atomic E-state index is 10.4. The average molecular weight is 432 g/mol. The van der Waals surface area contributed by atoms with E-state index >= 15 is 0 Å². The third-order valence-corrected chi connectivity index (χ3v) is 4.32. The van der Waals surface area contributed by atoms with Gasteiger partial charge in [-0.3, -0.25) is 0 Å². The first-order valence-corrected chi connectivity index (χ1v) is 9.12. The molecule has 3 aromatic carbocycles. The number of aromatic hydroxyl groups is 1. The van der Waals surface area contributed by atoms with Gasteiger partial charge in [0.25, 0.3) is 0 Å². The van der Waals surface area contributed by atoms with Crippen LogP contribution in [0.5, 0.6) is 17.2 Å². The molecule has 0 unspecified atom stereocenters. The van der Waals surface area contributed by atoms with E-state index < -0.39 is 12.6 Å². The lowest BCUT2D eigenvalue weighted by Crippen LogP contribution is -2.03. The molecule has 29 heavy (non-hydrogen) atoms. The lowest BCUT2D eigenvalue weighted by molar-refractivity contribution is -0.142. The summed E-state index contributed by atoms with van der Waals surface area (Å²) in [7, 11) is 0. The molecule has 0 bridgehead atoms. The van der Waals surface area contributed by atoms with Gasteiger partial charge in [-0.15, -0.1) is 0 Å². The zero-order valence-electron chi connectivity index (χ0n) is 14.9. The Kier molecular flexibility index (Phi) is 6.59. The lowest BCUT2D eigenvalue weighted by Gasteiger charge is -2.12. The van der Waals surface area contributed by atoms with Crippen molar-refractivity contribution in [3.05, 3.63) is 76.3 Å². The van der Waals surface area contributed by atoms with Crippen LogP contribution in [0.15, 0.2) is 65.8 Å². The fourth-order valence-electron chi connectivity index (χ4n) is 2.49. The SMILES string of the molecule is O=C(O)CO/N=C/c1cc(Cl)c(Oc2ccc(O)c(-c3ccccc3)c2)c(Cl)c1. The molecule has 148 valence electrons. The van der Waals surface area contributed by atoms with E-state index in [0.29, 0.717) is 16.9 Å². The van der Waals surface area contributed by atoms with E-state index in [0.717, 1.165) is 5.56 Å². The van der Waals surface area contributed by atoms with Gasteiger partial charge in [-0.2, -0.15) is 0 Å². The summed E-state index contributed by atoms with van der Waals surface area (Å²) in [6, 6.07) is 17.3. The molecule has 0 aromatic heterocycles. The maximum Gasteiger partial charge on any atom is 0.344 e. The van der Waals surface area contributed by atoms with Gasteiger partial charge in [-0.05, 0) is 41.5 Å². The van der Waals surface area contributed by atoms with Gasteiger partial charge in [0.1, 0.15) is 11.5 Å². The second-order valence-electron chi connectivity index (χ2n) is 5.86. The van der Waals surface area contributed by atoms with Gasteiger partial charge in [0, 0.05) is 5.56 Å². The highest BCUT2D eigenvalue weighted by Gasteiger charge is 2.13. The first kappa shape index (κ1) is 20.5. The number of oxime groups is 1. The molecule has 0 saturated carbocycles. The number of hydrogen-bond acceptors (Lipinski definition) is 5. The van der Waals surface area contributed by atoms with Gasteiger partial charge >= 0.3 is 5.97 Å². The van der Waals surface area contributed by atoms with Crippen LogP contribution in [0.1, 0.15) is 5.56 Å². The Labute approximate surface area is 176 Å². The van der Waals surface area contributed by atoms with Crippen molar-refractivity contribution >= 4 is 35.4 Å². The number of benzene rings is 3. The third kappa shape index (κ3) is 5.40. The molecule has 3 aromatic rings. The molecule has 0 aliphatic rings. The third-order valence-electron chi connectivity index (χ3n) is 3.76. The topological polar surface area (TPSA) is 88.4 Å². The summed E-state index contributed by atoms with van der Waals surface area (Å²) in [4.78, 5) is 15.0. The van der Waals surface area contributed by atoms with Gasteiger partial charge < -0.3 is 19.8 Å². The van der Waals surface area contributed by atoms with Crippen molar-refractivity contribution in [1.29, 1.82) is 0 Å². The quantitative estimate of drug-likeness (QED) is 0.375. The van der Waals surface area contributed by atoms with Crippen molar-refractivity contribution in [1.82, 2.24) is 0 Å².